The van der Waals surface area contributed by atoms with Crippen molar-refractivity contribution in [3.05, 3.63) is 66.0 Å². The lowest BCUT2D eigenvalue weighted by atomic mass is 10.0. The van der Waals surface area contributed by atoms with Crippen LogP contribution in [0.15, 0.2) is 54.7 Å². The summed E-state index contributed by atoms with van der Waals surface area (Å²) in [4.78, 5) is 54.2. The lowest BCUT2D eigenvalue weighted by molar-refractivity contribution is -0.140. The topological polar surface area (TPSA) is 126 Å². The van der Waals surface area contributed by atoms with E-state index in [0.717, 1.165) is 5.56 Å². The zero-order valence-electron chi connectivity index (χ0n) is 19.7. The molecule has 0 saturated carbocycles. The first kappa shape index (κ1) is 26.5. The van der Waals surface area contributed by atoms with Crippen LogP contribution in [0.3, 0.4) is 0 Å². The second-order valence-electron chi connectivity index (χ2n) is 8.23. The summed E-state index contributed by atoms with van der Waals surface area (Å²) in [7, 11) is 0. The van der Waals surface area contributed by atoms with E-state index in [-0.39, 0.29) is 25.5 Å². The Morgan fingerprint density at radius 1 is 0.941 bits per heavy atom. The van der Waals surface area contributed by atoms with Crippen LogP contribution in [0, 0.1) is 5.92 Å². The highest BCUT2D eigenvalue weighted by Crippen LogP contribution is 2.08. The van der Waals surface area contributed by atoms with Crippen LogP contribution < -0.4 is 16.0 Å². The van der Waals surface area contributed by atoms with Gasteiger partial charge in [-0.3, -0.25) is 19.4 Å². The maximum absolute atomic E-state index is 12.9. The fourth-order valence-electron chi connectivity index (χ4n) is 3.15. The van der Waals surface area contributed by atoms with Gasteiger partial charge in [-0.1, -0.05) is 57.2 Å². The number of rotatable bonds is 12. The number of ketones is 1. The molecule has 9 nitrogen and oxygen atoms in total. The number of alkyl carbamates (subject to hydrolysis) is 1. The van der Waals surface area contributed by atoms with Gasteiger partial charge in [-0.05, 0) is 36.5 Å². The van der Waals surface area contributed by atoms with E-state index in [1.807, 2.05) is 44.2 Å². The van der Waals surface area contributed by atoms with Crippen molar-refractivity contribution in [3.8, 4) is 0 Å². The number of nitrogens with zero attached hydrogens (tertiary/aromatic N) is 1. The van der Waals surface area contributed by atoms with Gasteiger partial charge in [0.25, 0.3) is 5.91 Å². The largest absolute Gasteiger partial charge is 0.445 e. The number of hydrogen-bond acceptors (Lipinski definition) is 6. The first-order chi connectivity index (χ1) is 16.3. The van der Waals surface area contributed by atoms with E-state index in [1.165, 1.54) is 0 Å². The minimum absolute atomic E-state index is 0.0647. The third-order valence-corrected chi connectivity index (χ3v) is 4.95. The molecule has 2 rings (SSSR count). The summed E-state index contributed by atoms with van der Waals surface area (Å²) >= 11 is 0. The van der Waals surface area contributed by atoms with Crippen LogP contribution in [0.25, 0.3) is 0 Å². The SMILES string of the molecule is CC[C@H](NC(=O)[C@H](CC(C)C)NC(=O)OCc1ccccc1)C(=O)C(=O)NCc1ccccn1. The monoisotopic (exact) mass is 468 g/mol. The molecule has 34 heavy (non-hydrogen) atoms. The quantitative estimate of drug-likeness (QED) is 0.411. The average Bonchev–Trinajstić information content (AvgIpc) is 2.84. The molecule has 0 aliphatic rings. The molecule has 1 aromatic heterocycles. The molecule has 1 aromatic carbocycles. The van der Waals surface area contributed by atoms with E-state index < -0.39 is 35.8 Å². The highest BCUT2D eigenvalue weighted by Gasteiger charge is 2.29. The molecule has 0 aliphatic heterocycles. The Morgan fingerprint density at radius 3 is 2.26 bits per heavy atom. The highest BCUT2D eigenvalue weighted by atomic mass is 16.5. The third-order valence-electron chi connectivity index (χ3n) is 4.95. The number of benzene rings is 1. The van der Waals surface area contributed by atoms with Crippen LogP contribution in [0.1, 0.15) is 44.9 Å². The summed E-state index contributed by atoms with van der Waals surface area (Å²) in [6.45, 7) is 5.67. The summed E-state index contributed by atoms with van der Waals surface area (Å²) in [5.41, 5.74) is 1.42. The standard InChI is InChI=1S/C25H32N4O5/c1-4-20(22(30)24(32)27-15-19-12-8-9-13-26-19)28-23(31)21(14-17(2)3)29-25(33)34-16-18-10-6-5-7-11-18/h5-13,17,20-21H,4,14-16H2,1-3H3,(H,27,32)(H,28,31)(H,29,33)/t20-,21-/m0/s1. The summed E-state index contributed by atoms with van der Waals surface area (Å²) in [6, 6.07) is 12.5. The molecule has 3 amide bonds. The van der Waals surface area contributed by atoms with Crippen molar-refractivity contribution >= 4 is 23.7 Å². The molecule has 2 aromatic rings. The van der Waals surface area contributed by atoms with Crippen LogP contribution in [0.2, 0.25) is 0 Å². The molecule has 0 aliphatic carbocycles. The van der Waals surface area contributed by atoms with Crippen LogP contribution >= 0.6 is 0 Å². The number of nitrogens with one attached hydrogen (secondary N) is 3. The smallest absolute Gasteiger partial charge is 0.408 e. The Labute approximate surface area is 199 Å². The first-order valence-electron chi connectivity index (χ1n) is 11.3. The van der Waals surface area contributed by atoms with Crippen molar-refractivity contribution in [2.24, 2.45) is 5.92 Å². The maximum Gasteiger partial charge on any atom is 0.408 e. The van der Waals surface area contributed by atoms with Crippen molar-refractivity contribution in [2.45, 2.75) is 58.8 Å². The van der Waals surface area contributed by atoms with Crippen molar-refractivity contribution < 1.29 is 23.9 Å². The molecule has 0 bridgehead atoms. The van der Waals surface area contributed by atoms with Crippen LogP contribution in [-0.4, -0.2) is 40.8 Å². The summed E-state index contributed by atoms with van der Waals surface area (Å²) in [5, 5.41) is 7.68. The molecule has 0 spiro atoms. The number of Topliss-reactive ketones (excluding diaryl/α,β-unsaturated/α-hetero) is 1. The molecule has 0 saturated heterocycles. The summed E-state index contributed by atoms with van der Waals surface area (Å²) < 4.78 is 5.21. The molecule has 2 atom stereocenters. The molecule has 9 heteroatoms. The predicted octanol–water partition coefficient (Wildman–Crippen LogP) is 2.50. The van der Waals surface area contributed by atoms with Crippen molar-refractivity contribution in [1.82, 2.24) is 20.9 Å². The fraction of sp³-hybridized carbons (Fsp3) is 0.400. The third kappa shape index (κ3) is 9.01. The molecule has 182 valence electrons. The number of hydrogen-bond donors (Lipinski definition) is 3. The average molecular weight is 469 g/mol. The van der Waals surface area contributed by atoms with E-state index >= 15 is 0 Å². The number of carbonyl (C=O) groups is 4. The Hall–Kier alpha value is -3.75. The Balaban J connectivity index is 1.93. The van der Waals surface area contributed by atoms with Gasteiger partial charge in [0.1, 0.15) is 12.6 Å². The van der Waals surface area contributed by atoms with E-state index in [9.17, 15) is 19.2 Å². The molecule has 3 N–H and O–H groups in total. The molecular formula is C25H32N4O5. The minimum atomic E-state index is -1.02. The van der Waals surface area contributed by atoms with Crippen LogP contribution in [-0.2, 0) is 32.3 Å². The second kappa shape index (κ2) is 13.7. The van der Waals surface area contributed by atoms with E-state index in [0.29, 0.717) is 12.1 Å². The van der Waals surface area contributed by atoms with Gasteiger partial charge in [0.2, 0.25) is 11.7 Å². The molecule has 0 radical (unpaired) electrons. The molecule has 1 heterocycles. The van der Waals surface area contributed by atoms with Crippen molar-refractivity contribution in [1.29, 1.82) is 0 Å². The summed E-state index contributed by atoms with van der Waals surface area (Å²) in [5.74, 6) is -2.04. The van der Waals surface area contributed by atoms with Crippen LogP contribution in [0.4, 0.5) is 4.79 Å². The highest BCUT2D eigenvalue weighted by molar-refractivity contribution is 6.38. The number of aromatic nitrogens is 1. The number of carbonyl (C=O) groups excluding carboxylic acids is 4. The van der Waals surface area contributed by atoms with Gasteiger partial charge in [0, 0.05) is 6.20 Å². The lowest BCUT2D eigenvalue weighted by Gasteiger charge is -2.23. The van der Waals surface area contributed by atoms with Crippen LogP contribution in [0.5, 0.6) is 0 Å². The van der Waals surface area contributed by atoms with E-state index in [2.05, 4.69) is 20.9 Å². The first-order valence-corrected chi connectivity index (χ1v) is 11.3. The van der Waals surface area contributed by atoms with Gasteiger partial charge >= 0.3 is 6.09 Å². The number of amides is 3. The summed E-state index contributed by atoms with van der Waals surface area (Å²) in [6.07, 6.45) is 1.40. The van der Waals surface area contributed by atoms with Crippen molar-refractivity contribution in [2.75, 3.05) is 0 Å². The van der Waals surface area contributed by atoms with Gasteiger partial charge < -0.3 is 20.7 Å². The Morgan fingerprint density at radius 2 is 1.65 bits per heavy atom. The maximum atomic E-state index is 12.9. The minimum Gasteiger partial charge on any atom is -0.445 e. The lowest BCUT2D eigenvalue weighted by Crippen LogP contribution is -2.54. The fourth-order valence-corrected chi connectivity index (χ4v) is 3.15. The van der Waals surface area contributed by atoms with E-state index in [1.54, 1.807) is 31.3 Å². The Bertz CT molecular complexity index is 950. The van der Waals surface area contributed by atoms with Gasteiger partial charge in [-0.25, -0.2) is 4.79 Å². The van der Waals surface area contributed by atoms with Gasteiger partial charge in [0.05, 0.1) is 18.3 Å². The molecular weight excluding hydrogens is 436 g/mol. The normalized spacial score (nSPS) is 12.4. The number of pyridine rings is 1. The Kier molecular flexibility index (Phi) is 10.7. The zero-order chi connectivity index (χ0) is 24.9. The predicted molar refractivity (Wildman–Crippen MR) is 126 cm³/mol. The molecule has 0 fully saturated rings. The number of ether oxygens (including phenoxy) is 1. The van der Waals surface area contributed by atoms with Gasteiger partial charge in [-0.2, -0.15) is 0 Å². The van der Waals surface area contributed by atoms with Gasteiger partial charge in [-0.15, -0.1) is 0 Å². The second-order valence-corrected chi connectivity index (χ2v) is 8.23. The van der Waals surface area contributed by atoms with Crippen molar-refractivity contribution in [3.63, 3.8) is 0 Å². The van der Waals surface area contributed by atoms with Gasteiger partial charge in [0.15, 0.2) is 0 Å². The van der Waals surface area contributed by atoms with E-state index in [4.69, 9.17) is 4.74 Å². The molecule has 0 unspecified atom stereocenters. The zero-order valence-corrected chi connectivity index (χ0v) is 19.7.